The monoisotopic (exact) mass is 418 g/mol. The van der Waals surface area contributed by atoms with E-state index in [4.69, 9.17) is 9.97 Å². The smallest absolute Gasteiger partial charge is 0.244 e. The Kier molecular flexibility index (Phi) is 5.01. The van der Waals surface area contributed by atoms with Crippen LogP contribution in [-0.2, 0) is 17.6 Å². The van der Waals surface area contributed by atoms with E-state index < -0.39 is 0 Å². The molecule has 3 aromatic rings. The van der Waals surface area contributed by atoms with Gasteiger partial charge in [-0.15, -0.1) is 0 Å². The van der Waals surface area contributed by atoms with Crippen LogP contribution < -0.4 is 10.2 Å². The number of pyridine rings is 1. The molecule has 9 nitrogen and oxygen atoms in total. The molecule has 9 heteroatoms. The number of H-pyrrole nitrogens is 1. The van der Waals surface area contributed by atoms with E-state index in [0.717, 1.165) is 67.1 Å². The number of aromatic amines is 1. The highest BCUT2D eigenvalue weighted by Gasteiger charge is 2.34. The first-order chi connectivity index (χ1) is 15.1. The molecule has 2 aliphatic rings. The number of carbonyl (C=O) groups is 1. The number of rotatable bonds is 5. The molecule has 31 heavy (non-hydrogen) atoms. The maximum Gasteiger partial charge on any atom is 0.244 e. The second-order valence-electron chi connectivity index (χ2n) is 8.24. The van der Waals surface area contributed by atoms with Gasteiger partial charge in [0.25, 0.3) is 0 Å². The molecule has 3 aromatic heterocycles. The highest BCUT2D eigenvalue weighted by molar-refractivity contribution is 5.85. The summed E-state index contributed by atoms with van der Waals surface area (Å²) in [6.45, 7) is 0.786. The van der Waals surface area contributed by atoms with E-state index in [-0.39, 0.29) is 11.9 Å². The van der Waals surface area contributed by atoms with Crippen molar-refractivity contribution in [1.82, 2.24) is 30.0 Å². The second kappa shape index (κ2) is 7.98. The largest absolute Gasteiger partial charge is 0.347 e. The van der Waals surface area contributed by atoms with Crippen LogP contribution in [0.3, 0.4) is 0 Å². The van der Waals surface area contributed by atoms with E-state index >= 15 is 0 Å². The lowest BCUT2D eigenvalue weighted by atomic mass is 10.2. The minimum absolute atomic E-state index is 0.100. The zero-order valence-corrected chi connectivity index (χ0v) is 17.8. The van der Waals surface area contributed by atoms with Crippen molar-refractivity contribution in [1.29, 1.82) is 0 Å². The molecule has 1 fully saturated rings. The molecule has 0 radical (unpaired) electrons. The van der Waals surface area contributed by atoms with Crippen molar-refractivity contribution < 1.29 is 4.79 Å². The fourth-order valence-electron chi connectivity index (χ4n) is 4.37. The Morgan fingerprint density at radius 3 is 2.94 bits per heavy atom. The molecule has 5 rings (SSSR count). The van der Waals surface area contributed by atoms with Gasteiger partial charge in [0, 0.05) is 38.5 Å². The van der Waals surface area contributed by atoms with Crippen LogP contribution in [0.2, 0.25) is 0 Å². The lowest BCUT2D eigenvalue weighted by molar-refractivity contribution is -0.129. The predicted octanol–water partition coefficient (Wildman–Crippen LogP) is 2.55. The molecule has 1 atom stereocenters. The van der Waals surface area contributed by atoms with E-state index in [1.807, 2.05) is 24.3 Å². The molecule has 1 aliphatic carbocycles. The highest BCUT2D eigenvalue weighted by Crippen LogP contribution is 2.33. The van der Waals surface area contributed by atoms with Crippen LogP contribution in [0.4, 0.5) is 17.6 Å². The van der Waals surface area contributed by atoms with Gasteiger partial charge in [-0.25, -0.2) is 4.98 Å². The zero-order valence-electron chi connectivity index (χ0n) is 17.8. The maximum absolute atomic E-state index is 12.7. The molecule has 1 saturated heterocycles. The molecule has 2 N–H and O–H groups in total. The Morgan fingerprint density at radius 2 is 2.13 bits per heavy atom. The molecule has 160 valence electrons. The molecule has 0 spiro atoms. The summed E-state index contributed by atoms with van der Waals surface area (Å²) in [5.41, 5.74) is 3.88. The van der Waals surface area contributed by atoms with Gasteiger partial charge in [0.05, 0.1) is 17.1 Å². The van der Waals surface area contributed by atoms with Crippen molar-refractivity contribution in [3.63, 3.8) is 0 Å². The molecule has 1 amide bonds. The number of carbonyl (C=O) groups excluding carboxylic acids is 1. The number of aromatic nitrogens is 5. The number of aryl methyl sites for hydroxylation is 1. The molecule has 0 aromatic carbocycles. The van der Waals surface area contributed by atoms with Crippen LogP contribution >= 0.6 is 0 Å². The van der Waals surface area contributed by atoms with Crippen molar-refractivity contribution in [3.05, 3.63) is 41.7 Å². The average Bonchev–Trinajstić information content (AvgIpc) is 3.53. The lowest BCUT2D eigenvalue weighted by Gasteiger charge is -2.27. The number of nitrogens with one attached hydrogen (secondary N) is 2. The Morgan fingerprint density at radius 1 is 1.23 bits per heavy atom. The Hall–Kier alpha value is -3.49. The SMILES string of the molecule is CN(C)C(=O)[C@H]1CCCN1c1nc2c(c(Nc3cc(-c4ccccn4)[nH]n3)n1)CCC2. The molecule has 0 unspecified atom stereocenters. The van der Waals surface area contributed by atoms with Gasteiger partial charge in [0.1, 0.15) is 11.9 Å². The van der Waals surface area contributed by atoms with Gasteiger partial charge in [0.2, 0.25) is 11.9 Å². The summed E-state index contributed by atoms with van der Waals surface area (Å²) >= 11 is 0. The molecule has 4 heterocycles. The van der Waals surface area contributed by atoms with Gasteiger partial charge in [0.15, 0.2) is 5.82 Å². The van der Waals surface area contributed by atoms with Gasteiger partial charge in [-0.2, -0.15) is 10.1 Å². The fraction of sp³-hybridized carbons (Fsp3) is 0.409. The lowest BCUT2D eigenvalue weighted by Crippen LogP contribution is -2.43. The van der Waals surface area contributed by atoms with E-state index in [2.05, 4.69) is 25.4 Å². The third-order valence-electron chi connectivity index (χ3n) is 5.92. The number of likely N-dealkylation sites (N-methyl/N-ethyl adjacent to an activating group) is 1. The topological polar surface area (TPSA) is 103 Å². The normalized spacial score (nSPS) is 17.6. The molecular weight excluding hydrogens is 392 g/mol. The van der Waals surface area contributed by atoms with Gasteiger partial charge in [-0.05, 0) is 44.2 Å². The Balaban J connectivity index is 1.45. The Bertz CT molecular complexity index is 1090. The summed E-state index contributed by atoms with van der Waals surface area (Å²) in [4.78, 5) is 30.4. The summed E-state index contributed by atoms with van der Waals surface area (Å²) in [6.07, 6.45) is 6.47. The van der Waals surface area contributed by atoms with Crippen LogP contribution in [-0.4, -0.2) is 62.6 Å². The minimum atomic E-state index is -0.205. The number of amides is 1. The first-order valence-corrected chi connectivity index (χ1v) is 10.7. The molecule has 1 aliphatic heterocycles. The van der Waals surface area contributed by atoms with Gasteiger partial charge in [-0.3, -0.25) is 14.9 Å². The highest BCUT2D eigenvalue weighted by atomic mass is 16.2. The van der Waals surface area contributed by atoms with Gasteiger partial charge < -0.3 is 15.1 Å². The summed E-state index contributed by atoms with van der Waals surface area (Å²) in [7, 11) is 3.60. The number of nitrogens with zero attached hydrogens (tertiary/aromatic N) is 6. The zero-order chi connectivity index (χ0) is 21.4. The standard InChI is InChI=1S/C22H26N8O/c1-29(2)21(31)18-10-6-12-30(18)22-24-15-9-5-7-14(15)20(26-22)25-19-13-17(27-28-19)16-8-3-4-11-23-16/h3-4,8,11,13,18H,5-7,9-10,12H2,1-2H3,(H2,24,25,26,27,28)/t18-/m1/s1. The van der Waals surface area contributed by atoms with E-state index in [0.29, 0.717) is 11.8 Å². The number of fused-ring (bicyclic) bond motifs is 1. The van der Waals surface area contributed by atoms with Gasteiger partial charge in [-0.1, -0.05) is 6.07 Å². The van der Waals surface area contributed by atoms with Crippen LogP contribution in [0.15, 0.2) is 30.5 Å². The molecule has 0 bridgehead atoms. The summed E-state index contributed by atoms with van der Waals surface area (Å²) in [5, 5.41) is 10.8. The minimum Gasteiger partial charge on any atom is -0.347 e. The van der Waals surface area contributed by atoms with Crippen molar-refractivity contribution in [2.45, 2.75) is 38.1 Å². The predicted molar refractivity (Wildman–Crippen MR) is 118 cm³/mol. The number of anilines is 3. The van der Waals surface area contributed by atoms with Crippen molar-refractivity contribution in [2.75, 3.05) is 30.9 Å². The second-order valence-corrected chi connectivity index (χ2v) is 8.24. The third-order valence-corrected chi connectivity index (χ3v) is 5.92. The van der Waals surface area contributed by atoms with Crippen LogP contribution in [0, 0.1) is 0 Å². The van der Waals surface area contributed by atoms with Crippen molar-refractivity contribution in [3.8, 4) is 11.4 Å². The third kappa shape index (κ3) is 3.71. The summed E-state index contributed by atoms with van der Waals surface area (Å²) < 4.78 is 0. The van der Waals surface area contributed by atoms with Crippen LogP contribution in [0.25, 0.3) is 11.4 Å². The molecular formula is C22H26N8O. The number of hydrogen-bond donors (Lipinski definition) is 2. The van der Waals surface area contributed by atoms with Crippen LogP contribution in [0.1, 0.15) is 30.5 Å². The average molecular weight is 419 g/mol. The van der Waals surface area contributed by atoms with Crippen molar-refractivity contribution >= 4 is 23.5 Å². The van der Waals surface area contributed by atoms with E-state index in [1.165, 1.54) is 0 Å². The summed E-state index contributed by atoms with van der Waals surface area (Å²) in [5.74, 6) is 2.19. The number of hydrogen-bond acceptors (Lipinski definition) is 7. The van der Waals surface area contributed by atoms with E-state index in [9.17, 15) is 4.79 Å². The summed E-state index contributed by atoms with van der Waals surface area (Å²) in [6, 6.07) is 7.49. The maximum atomic E-state index is 12.7. The van der Waals surface area contributed by atoms with Gasteiger partial charge >= 0.3 is 0 Å². The Labute approximate surface area is 180 Å². The fourth-order valence-corrected chi connectivity index (χ4v) is 4.37. The van der Waals surface area contributed by atoms with Crippen molar-refractivity contribution in [2.24, 2.45) is 0 Å². The first-order valence-electron chi connectivity index (χ1n) is 10.7. The quantitative estimate of drug-likeness (QED) is 0.656. The van der Waals surface area contributed by atoms with Crippen LogP contribution in [0.5, 0.6) is 0 Å². The first kappa shape index (κ1) is 19.5. The van der Waals surface area contributed by atoms with E-state index in [1.54, 1.807) is 25.2 Å². The molecule has 0 saturated carbocycles.